The molecule has 2 fully saturated rings. The lowest BCUT2D eigenvalue weighted by Crippen LogP contribution is -2.45. The smallest absolute Gasteiger partial charge is 0.378 e. The first-order valence-electron chi connectivity index (χ1n) is 7.71. The SMILES string of the molecule is NC(=NCC1(c2cccc(C(F)(F)F)c2)CC1)N1CCOCC1. The van der Waals surface area contributed by atoms with Crippen molar-refractivity contribution < 1.29 is 17.9 Å². The summed E-state index contributed by atoms with van der Waals surface area (Å²) >= 11 is 0. The van der Waals surface area contributed by atoms with E-state index in [1.165, 1.54) is 12.1 Å². The van der Waals surface area contributed by atoms with E-state index in [2.05, 4.69) is 4.99 Å². The van der Waals surface area contributed by atoms with Gasteiger partial charge in [-0.1, -0.05) is 18.2 Å². The zero-order chi connectivity index (χ0) is 16.5. The third-order valence-electron chi connectivity index (χ3n) is 4.53. The van der Waals surface area contributed by atoms with Crippen molar-refractivity contribution in [2.45, 2.75) is 24.4 Å². The van der Waals surface area contributed by atoms with Gasteiger partial charge in [-0.05, 0) is 24.5 Å². The molecule has 1 aliphatic heterocycles. The Morgan fingerprint density at radius 2 is 1.96 bits per heavy atom. The Hall–Kier alpha value is -1.76. The number of alkyl halides is 3. The lowest BCUT2D eigenvalue weighted by molar-refractivity contribution is -0.137. The van der Waals surface area contributed by atoms with Gasteiger partial charge in [0, 0.05) is 18.5 Å². The first kappa shape index (κ1) is 16.1. The summed E-state index contributed by atoms with van der Waals surface area (Å²) in [6.45, 7) is 3.07. The minimum absolute atomic E-state index is 0.293. The highest BCUT2D eigenvalue weighted by molar-refractivity contribution is 5.78. The number of rotatable bonds is 3. The van der Waals surface area contributed by atoms with Crippen LogP contribution in [-0.2, 0) is 16.3 Å². The van der Waals surface area contributed by atoms with Crippen molar-refractivity contribution in [3.8, 4) is 0 Å². The van der Waals surface area contributed by atoms with E-state index in [0.29, 0.717) is 44.4 Å². The van der Waals surface area contributed by atoms with Gasteiger partial charge < -0.3 is 15.4 Å². The monoisotopic (exact) mass is 327 g/mol. The molecule has 2 aliphatic rings. The van der Waals surface area contributed by atoms with Gasteiger partial charge >= 0.3 is 6.18 Å². The third-order valence-corrected chi connectivity index (χ3v) is 4.53. The van der Waals surface area contributed by atoms with Crippen molar-refractivity contribution >= 4 is 5.96 Å². The minimum Gasteiger partial charge on any atom is -0.378 e. The standard InChI is InChI=1S/C16H20F3N3O/c17-16(18,19)13-3-1-2-12(10-13)15(4-5-15)11-21-14(20)22-6-8-23-9-7-22/h1-3,10H,4-9,11H2,(H2,20,21). The van der Waals surface area contributed by atoms with Crippen LogP contribution in [0.5, 0.6) is 0 Å². The molecule has 1 aromatic rings. The molecule has 7 heteroatoms. The fourth-order valence-electron chi connectivity index (χ4n) is 2.84. The number of hydrogen-bond donors (Lipinski definition) is 1. The Bertz CT molecular complexity index is 590. The maximum Gasteiger partial charge on any atom is 0.416 e. The number of ether oxygens (including phenoxy) is 1. The molecular formula is C16H20F3N3O. The van der Waals surface area contributed by atoms with Gasteiger partial charge in [0.15, 0.2) is 5.96 Å². The van der Waals surface area contributed by atoms with Gasteiger partial charge in [0.1, 0.15) is 0 Å². The third kappa shape index (κ3) is 3.60. The Balaban J connectivity index is 1.72. The topological polar surface area (TPSA) is 50.8 Å². The summed E-state index contributed by atoms with van der Waals surface area (Å²) < 4.78 is 43.9. The largest absolute Gasteiger partial charge is 0.416 e. The molecule has 0 atom stereocenters. The van der Waals surface area contributed by atoms with Crippen molar-refractivity contribution in [1.29, 1.82) is 0 Å². The molecule has 23 heavy (non-hydrogen) atoms. The van der Waals surface area contributed by atoms with Crippen LogP contribution in [0.2, 0.25) is 0 Å². The molecule has 0 bridgehead atoms. The molecule has 0 unspecified atom stereocenters. The van der Waals surface area contributed by atoms with E-state index >= 15 is 0 Å². The average Bonchev–Trinajstić information content (AvgIpc) is 3.34. The number of morpholine rings is 1. The van der Waals surface area contributed by atoms with Crippen molar-refractivity contribution in [1.82, 2.24) is 4.90 Å². The van der Waals surface area contributed by atoms with E-state index in [1.807, 2.05) is 4.90 Å². The van der Waals surface area contributed by atoms with Crippen LogP contribution in [0, 0.1) is 0 Å². The molecule has 0 amide bonds. The van der Waals surface area contributed by atoms with E-state index in [-0.39, 0.29) is 5.41 Å². The highest BCUT2D eigenvalue weighted by atomic mass is 19.4. The van der Waals surface area contributed by atoms with E-state index in [1.54, 1.807) is 6.07 Å². The van der Waals surface area contributed by atoms with E-state index in [4.69, 9.17) is 10.5 Å². The van der Waals surface area contributed by atoms with Crippen LogP contribution in [0.15, 0.2) is 29.3 Å². The van der Waals surface area contributed by atoms with Gasteiger partial charge in [-0.2, -0.15) is 13.2 Å². The average molecular weight is 327 g/mol. The Morgan fingerprint density at radius 1 is 1.26 bits per heavy atom. The zero-order valence-electron chi connectivity index (χ0n) is 12.8. The number of nitrogens with two attached hydrogens (primary N) is 1. The summed E-state index contributed by atoms with van der Waals surface area (Å²) in [6.07, 6.45) is -2.63. The molecule has 3 rings (SSSR count). The second-order valence-corrected chi connectivity index (χ2v) is 6.13. The molecule has 1 saturated heterocycles. The van der Waals surface area contributed by atoms with Crippen LogP contribution in [0.25, 0.3) is 0 Å². The van der Waals surface area contributed by atoms with Crippen LogP contribution in [-0.4, -0.2) is 43.7 Å². The number of nitrogens with zero attached hydrogens (tertiary/aromatic N) is 2. The maximum atomic E-state index is 12.9. The number of halogens is 3. The number of guanidine groups is 1. The number of aliphatic imine (C=N–C) groups is 1. The van der Waals surface area contributed by atoms with Crippen molar-refractivity contribution in [3.05, 3.63) is 35.4 Å². The molecule has 0 radical (unpaired) electrons. The molecule has 0 spiro atoms. The predicted molar refractivity (Wildman–Crippen MR) is 81.2 cm³/mol. The summed E-state index contributed by atoms with van der Waals surface area (Å²) in [6, 6.07) is 5.56. The molecule has 0 aromatic heterocycles. The van der Waals surface area contributed by atoms with Gasteiger partial charge in [-0.15, -0.1) is 0 Å². The summed E-state index contributed by atoms with van der Waals surface area (Å²) in [4.78, 5) is 6.38. The molecule has 2 N–H and O–H groups in total. The van der Waals surface area contributed by atoms with Gasteiger partial charge in [0.2, 0.25) is 0 Å². The molecule has 1 aromatic carbocycles. The highest BCUT2D eigenvalue weighted by Crippen LogP contribution is 2.49. The summed E-state index contributed by atoms with van der Waals surface area (Å²) in [7, 11) is 0. The molecule has 126 valence electrons. The fourth-order valence-corrected chi connectivity index (χ4v) is 2.84. The normalized spacial score (nSPS) is 21.3. The van der Waals surface area contributed by atoms with Gasteiger partial charge in [0.05, 0.1) is 25.3 Å². The van der Waals surface area contributed by atoms with E-state index < -0.39 is 11.7 Å². The summed E-state index contributed by atoms with van der Waals surface area (Å²) in [5.41, 5.74) is 5.80. The first-order valence-corrected chi connectivity index (χ1v) is 7.71. The van der Waals surface area contributed by atoms with Crippen molar-refractivity contribution in [2.24, 2.45) is 10.7 Å². The Kier molecular flexibility index (Phi) is 4.23. The number of hydrogen-bond acceptors (Lipinski definition) is 2. The van der Waals surface area contributed by atoms with Crippen LogP contribution in [0.4, 0.5) is 13.2 Å². The van der Waals surface area contributed by atoms with E-state index in [0.717, 1.165) is 18.9 Å². The van der Waals surface area contributed by atoms with Gasteiger partial charge in [-0.3, -0.25) is 4.99 Å². The minimum atomic E-state index is -4.32. The van der Waals surface area contributed by atoms with Crippen LogP contribution >= 0.6 is 0 Å². The van der Waals surface area contributed by atoms with Gasteiger partial charge in [0.25, 0.3) is 0 Å². The molecule has 1 aliphatic carbocycles. The van der Waals surface area contributed by atoms with Crippen molar-refractivity contribution in [2.75, 3.05) is 32.8 Å². The Labute approximate surface area is 133 Å². The van der Waals surface area contributed by atoms with Crippen LogP contribution in [0.3, 0.4) is 0 Å². The quantitative estimate of drug-likeness (QED) is 0.685. The lowest BCUT2D eigenvalue weighted by Gasteiger charge is -2.28. The molecule has 1 heterocycles. The second-order valence-electron chi connectivity index (χ2n) is 6.13. The second kappa shape index (κ2) is 6.03. The molecular weight excluding hydrogens is 307 g/mol. The van der Waals surface area contributed by atoms with E-state index in [9.17, 15) is 13.2 Å². The Morgan fingerprint density at radius 3 is 2.57 bits per heavy atom. The zero-order valence-corrected chi connectivity index (χ0v) is 12.8. The molecule has 1 saturated carbocycles. The predicted octanol–water partition coefficient (Wildman–Crippen LogP) is 2.38. The van der Waals surface area contributed by atoms with Crippen LogP contribution in [0.1, 0.15) is 24.0 Å². The number of benzene rings is 1. The van der Waals surface area contributed by atoms with Crippen LogP contribution < -0.4 is 5.73 Å². The molecule has 4 nitrogen and oxygen atoms in total. The summed E-state index contributed by atoms with van der Waals surface area (Å²) in [5, 5.41) is 0. The fraction of sp³-hybridized carbons (Fsp3) is 0.562. The lowest BCUT2D eigenvalue weighted by atomic mass is 9.94. The maximum absolute atomic E-state index is 12.9. The highest BCUT2D eigenvalue weighted by Gasteiger charge is 2.45. The van der Waals surface area contributed by atoms with Gasteiger partial charge in [-0.25, -0.2) is 0 Å². The first-order chi connectivity index (χ1) is 10.9. The summed E-state index contributed by atoms with van der Waals surface area (Å²) in [5.74, 6) is 0.451. The van der Waals surface area contributed by atoms with Crippen molar-refractivity contribution in [3.63, 3.8) is 0 Å².